The minimum atomic E-state index is -0.564. The largest absolute Gasteiger partial charge is 0.387 e. The van der Waals surface area contributed by atoms with Crippen LogP contribution in [0, 0.1) is 0 Å². The summed E-state index contributed by atoms with van der Waals surface area (Å²) in [6, 6.07) is 0. The maximum atomic E-state index is 9.38. The zero-order valence-electron chi connectivity index (χ0n) is 10.0. The van der Waals surface area contributed by atoms with Gasteiger partial charge < -0.3 is 9.84 Å². The zero-order chi connectivity index (χ0) is 13.4. The van der Waals surface area contributed by atoms with Crippen LogP contribution < -0.4 is 0 Å². The highest BCUT2D eigenvalue weighted by Gasteiger charge is 2.20. The highest BCUT2D eigenvalue weighted by molar-refractivity contribution is 7.98. The minimum Gasteiger partial charge on any atom is -0.387 e. The van der Waals surface area contributed by atoms with Crippen molar-refractivity contribution in [3.8, 4) is 0 Å². The molecule has 8 heteroatoms. The number of nitrogens with zero attached hydrogens (tertiary/aromatic N) is 4. The number of ether oxygens (including phenoxy) is 1. The van der Waals surface area contributed by atoms with Gasteiger partial charge in [-0.25, -0.2) is 15.0 Å². The van der Waals surface area contributed by atoms with Crippen molar-refractivity contribution in [3.63, 3.8) is 0 Å². The molecule has 3 rings (SSSR count). The van der Waals surface area contributed by atoms with Crippen molar-refractivity contribution in [2.75, 3.05) is 12.9 Å². The minimum absolute atomic E-state index is 0.245. The highest BCUT2D eigenvalue weighted by Crippen LogP contribution is 2.26. The molecule has 2 aromatic rings. The molecular weight excluding hydrogens is 288 g/mol. The molecule has 0 saturated carbocycles. The summed E-state index contributed by atoms with van der Waals surface area (Å²) in [5.41, 5.74) is 1.16. The molecule has 0 radical (unpaired) electrons. The van der Waals surface area contributed by atoms with E-state index in [-0.39, 0.29) is 12.8 Å². The third kappa shape index (κ3) is 2.34. The fourth-order valence-corrected chi connectivity index (χ4v) is 2.47. The van der Waals surface area contributed by atoms with Crippen LogP contribution in [0.4, 0.5) is 0 Å². The normalized spacial score (nSPS) is 23.1. The lowest BCUT2D eigenvalue weighted by Gasteiger charge is -2.21. The van der Waals surface area contributed by atoms with E-state index in [9.17, 15) is 5.11 Å². The van der Waals surface area contributed by atoms with Crippen molar-refractivity contribution in [2.45, 2.75) is 17.5 Å². The molecule has 0 bridgehead atoms. The van der Waals surface area contributed by atoms with E-state index in [2.05, 4.69) is 15.0 Å². The number of fused-ring (bicyclic) bond motifs is 1. The Bertz CT molecular complexity index is 645. The van der Waals surface area contributed by atoms with Gasteiger partial charge in [0, 0.05) is 0 Å². The van der Waals surface area contributed by atoms with E-state index in [1.165, 1.54) is 11.8 Å². The maximum Gasteiger partial charge on any atom is 0.190 e. The van der Waals surface area contributed by atoms with Gasteiger partial charge in [0.25, 0.3) is 0 Å². The molecule has 2 unspecified atom stereocenters. The van der Waals surface area contributed by atoms with Gasteiger partial charge in [-0.2, -0.15) is 0 Å². The van der Waals surface area contributed by atoms with Gasteiger partial charge in [0.05, 0.1) is 19.0 Å². The average Bonchev–Trinajstić information content (AvgIpc) is 2.84. The van der Waals surface area contributed by atoms with Gasteiger partial charge >= 0.3 is 0 Å². The Kier molecular flexibility index (Phi) is 3.44. The van der Waals surface area contributed by atoms with Crippen LogP contribution in [0.25, 0.3) is 11.2 Å². The number of aliphatic hydroxyl groups excluding tert-OH is 1. The topological polar surface area (TPSA) is 73.1 Å². The second-order valence-corrected chi connectivity index (χ2v) is 5.13. The first-order valence-electron chi connectivity index (χ1n) is 5.61. The smallest absolute Gasteiger partial charge is 0.190 e. The van der Waals surface area contributed by atoms with Crippen molar-refractivity contribution in [2.24, 2.45) is 0 Å². The third-order valence-corrected chi connectivity index (χ3v) is 3.56. The summed E-state index contributed by atoms with van der Waals surface area (Å²) in [6.45, 7) is 0.245. The Morgan fingerprint density at radius 3 is 3.00 bits per heavy atom. The van der Waals surface area contributed by atoms with Gasteiger partial charge in [-0.15, -0.1) is 0 Å². The van der Waals surface area contributed by atoms with Crippen molar-refractivity contribution >= 4 is 34.5 Å². The van der Waals surface area contributed by atoms with Crippen molar-refractivity contribution < 1.29 is 9.84 Å². The molecule has 0 fully saturated rings. The van der Waals surface area contributed by atoms with Gasteiger partial charge in [-0.1, -0.05) is 29.4 Å². The van der Waals surface area contributed by atoms with E-state index in [0.717, 1.165) is 0 Å². The molecule has 0 amide bonds. The number of rotatable bonds is 2. The third-order valence-electron chi connectivity index (χ3n) is 2.75. The molecule has 0 aromatic carbocycles. The number of hydrogen-bond donors (Lipinski definition) is 1. The molecule has 0 saturated heterocycles. The monoisotopic (exact) mass is 298 g/mol. The highest BCUT2D eigenvalue weighted by atomic mass is 35.5. The van der Waals surface area contributed by atoms with Gasteiger partial charge in [0.15, 0.2) is 22.2 Å². The Morgan fingerprint density at radius 2 is 2.32 bits per heavy atom. The van der Waals surface area contributed by atoms with Crippen LogP contribution in [-0.2, 0) is 4.74 Å². The summed E-state index contributed by atoms with van der Waals surface area (Å²) in [6.07, 6.45) is 6.05. The van der Waals surface area contributed by atoms with Crippen LogP contribution >= 0.6 is 23.4 Å². The summed E-state index contributed by atoms with van der Waals surface area (Å²) in [5, 5.41) is 10.3. The molecule has 6 nitrogen and oxygen atoms in total. The number of halogens is 1. The molecule has 2 aromatic heterocycles. The first-order valence-corrected chi connectivity index (χ1v) is 7.21. The number of aromatic nitrogens is 4. The lowest BCUT2D eigenvalue weighted by molar-refractivity contribution is -0.0165. The SMILES string of the molecule is CSc1nc(Cl)c2ncn(C3C=CC(O)CO3)c2n1. The number of imidazole rings is 1. The second kappa shape index (κ2) is 5.09. The van der Waals surface area contributed by atoms with E-state index in [1.807, 2.05) is 6.26 Å². The molecular formula is C11H11ClN4O2S. The Labute approximate surface area is 118 Å². The summed E-state index contributed by atoms with van der Waals surface area (Å²) in [4.78, 5) is 12.7. The number of thioether (sulfide) groups is 1. The van der Waals surface area contributed by atoms with E-state index in [1.54, 1.807) is 23.0 Å². The van der Waals surface area contributed by atoms with Crippen molar-refractivity contribution in [1.82, 2.24) is 19.5 Å². The number of hydrogen-bond acceptors (Lipinski definition) is 6. The van der Waals surface area contributed by atoms with Gasteiger partial charge in [0.1, 0.15) is 5.52 Å². The predicted molar refractivity (Wildman–Crippen MR) is 72.2 cm³/mol. The standard InChI is InChI=1S/C11H11ClN4O2S/c1-19-11-14-9(12)8-10(15-11)16(5-13-8)7-3-2-6(17)4-18-7/h2-3,5-7,17H,4H2,1H3. The first kappa shape index (κ1) is 12.9. The molecule has 0 spiro atoms. The quantitative estimate of drug-likeness (QED) is 0.393. The number of aliphatic hydroxyl groups is 1. The van der Waals surface area contributed by atoms with E-state index in [4.69, 9.17) is 16.3 Å². The van der Waals surface area contributed by atoms with Crippen LogP contribution in [-0.4, -0.2) is 43.6 Å². The van der Waals surface area contributed by atoms with Crippen molar-refractivity contribution in [1.29, 1.82) is 0 Å². The molecule has 100 valence electrons. The molecule has 0 aliphatic carbocycles. The van der Waals surface area contributed by atoms with Crippen LogP contribution in [0.5, 0.6) is 0 Å². The summed E-state index contributed by atoms with van der Waals surface area (Å²) in [7, 11) is 0. The van der Waals surface area contributed by atoms with Crippen LogP contribution in [0.1, 0.15) is 6.23 Å². The second-order valence-electron chi connectivity index (χ2n) is 4.00. The van der Waals surface area contributed by atoms with Crippen LogP contribution in [0.2, 0.25) is 5.15 Å². The van der Waals surface area contributed by atoms with Gasteiger partial charge in [-0.3, -0.25) is 4.57 Å². The van der Waals surface area contributed by atoms with Gasteiger partial charge in [0.2, 0.25) is 0 Å². The molecule has 1 aliphatic rings. The molecule has 3 heterocycles. The Morgan fingerprint density at radius 1 is 1.47 bits per heavy atom. The fraction of sp³-hybridized carbons (Fsp3) is 0.364. The summed E-state index contributed by atoms with van der Waals surface area (Å²) in [5.74, 6) is 0. The Balaban J connectivity index is 2.09. The molecule has 19 heavy (non-hydrogen) atoms. The van der Waals surface area contributed by atoms with Crippen LogP contribution in [0.3, 0.4) is 0 Å². The van der Waals surface area contributed by atoms with E-state index in [0.29, 0.717) is 21.5 Å². The first-order chi connectivity index (χ1) is 9.19. The van der Waals surface area contributed by atoms with Crippen LogP contribution in [0.15, 0.2) is 23.6 Å². The molecule has 2 atom stereocenters. The molecule has 1 aliphatic heterocycles. The average molecular weight is 299 g/mol. The molecule has 1 N–H and O–H groups in total. The van der Waals surface area contributed by atoms with Gasteiger partial charge in [-0.05, 0) is 12.3 Å². The van der Waals surface area contributed by atoms with E-state index >= 15 is 0 Å². The summed E-state index contributed by atoms with van der Waals surface area (Å²) >= 11 is 7.49. The van der Waals surface area contributed by atoms with E-state index < -0.39 is 6.10 Å². The fourth-order valence-electron chi connectivity index (χ4n) is 1.85. The summed E-state index contributed by atoms with van der Waals surface area (Å²) < 4.78 is 7.30. The lowest BCUT2D eigenvalue weighted by Crippen LogP contribution is -2.23. The maximum absolute atomic E-state index is 9.38. The van der Waals surface area contributed by atoms with Crippen molar-refractivity contribution in [3.05, 3.63) is 23.6 Å². The lowest BCUT2D eigenvalue weighted by atomic mass is 10.3. The zero-order valence-corrected chi connectivity index (χ0v) is 11.6. The predicted octanol–water partition coefficient (Wildman–Crippen LogP) is 1.65. The Hall–Kier alpha value is -1.15.